The summed E-state index contributed by atoms with van der Waals surface area (Å²) in [5.74, 6) is -2.07. The Morgan fingerprint density at radius 3 is 2.81 bits per heavy atom. The second-order valence-electron chi connectivity index (χ2n) is 6.05. The molecule has 1 aliphatic heterocycles. The fraction of sp³-hybridized carbons (Fsp3) is 0.111. The number of anilines is 2. The number of halogens is 1. The normalized spacial score (nSPS) is 16.3. The molecule has 0 fully saturated rings. The Kier molecular flexibility index (Phi) is 4.03. The number of hydrogen-bond acceptors (Lipinski definition) is 4. The third kappa shape index (κ3) is 3.10. The van der Waals surface area contributed by atoms with Crippen LogP contribution in [-0.4, -0.2) is 34.0 Å². The van der Waals surface area contributed by atoms with Crippen molar-refractivity contribution < 1.29 is 18.8 Å². The van der Waals surface area contributed by atoms with Gasteiger partial charge in [-0.05, 0) is 24.3 Å². The Bertz CT molecular complexity index is 1080. The molecule has 3 aromatic rings. The summed E-state index contributed by atoms with van der Waals surface area (Å²) in [4.78, 5) is 37.0. The van der Waals surface area contributed by atoms with E-state index in [4.69, 9.17) is 0 Å². The Balaban J connectivity index is 1.51. The molecule has 0 bridgehead atoms. The lowest BCUT2D eigenvalue weighted by molar-refractivity contribution is -0.122. The van der Waals surface area contributed by atoms with Crippen molar-refractivity contribution >= 4 is 40.1 Å². The lowest BCUT2D eigenvalue weighted by atomic mass is 10.1. The summed E-state index contributed by atoms with van der Waals surface area (Å²) in [6.45, 7) is 0. The summed E-state index contributed by atoms with van der Waals surface area (Å²) >= 11 is 0. The monoisotopic (exact) mass is 367 g/mol. The molecule has 27 heavy (non-hydrogen) atoms. The van der Waals surface area contributed by atoms with E-state index in [0.29, 0.717) is 16.8 Å². The van der Waals surface area contributed by atoms with E-state index in [1.807, 2.05) is 0 Å². The van der Waals surface area contributed by atoms with Gasteiger partial charge in [-0.2, -0.15) is 5.10 Å². The molecule has 0 spiro atoms. The molecule has 4 rings (SSSR count). The Hall–Kier alpha value is -3.75. The second kappa shape index (κ2) is 6.52. The van der Waals surface area contributed by atoms with Crippen molar-refractivity contribution in [2.45, 2.75) is 12.5 Å². The van der Waals surface area contributed by atoms with E-state index >= 15 is 0 Å². The fourth-order valence-corrected chi connectivity index (χ4v) is 2.94. The van der Waals surface area contributed by atoms with Gasteiger partial charge in [0.2, 0.25) is 11.8 Å². The Morgan fingerprint density at radius 1 is 1.15 bits per heavy atom. The highest BCUT2D eigenvalue weighted by Crippen LogP contribution is 2.24. The summed E-state index contributed by atoms with van der Waals surface area (Å²) in [5, 5.41) is 14.3. The van der Waals surface area contributed by atoms with Crippen molar-refractivity contribution in [3.8, 4) is 0 Å². The van der Waals surface area contributed by atoms with E-state index in [-0.39, 0.29) is 17.6 Å². The number of benzene rings is 2. The van der Waals surface area contributed by atoms with E-state index in [0.717, 1.165) is 0 Å². The quantitative estimate of drug-likeness (QED) is 0.565. The molecule has 2 heterocycles. The van der Waals surface area contributed by atoms with Crippen LogP contribution in [0.5, 0.6) is 0 Å². The highest BCUT2D eigenvalue weighted by atomic mass is 19.1. The molecule has 0 aliphatic carbocycles. The van der Waals surface area contributed by atoms with Crippen LogP contribution in [0.3, 0.4) is 0 Å². The van der Waals surface area contributed by atoms with Gasteiger partial charge >= 0.3 is 0 Å². The van der Waals surface area contributed by atoms with E-state index in [2.05, 4.69) is 26.1 Å². The summed E-state index contributed by atoms with van der Waals surface area (Å²) in [7, 11) is 0. The van der Waals surface area contributed by atoms with Gasteiger partial charge in [-0.1, -0.05) is 18.2 Å². The number of nitrogens with one attached hydrogen (secondary N) is 4. The smallest absolute Gasteiger partial charge is 0.254 e. The van der Waals surface area contributed by atoms with Crippen LogP contribution in [0, 0.1) is 5.82 Å². The summed E-state index contributed by atoms with van der Waals surface area (Å²) < 4.78 is 14.0. The van der Waals surface area contributed by atoms with Crippen LogP contribution in [0.25, 0.3) is 10.9 Å². The number of amides is 3. The number of carbonyl (C=O) groups is 3. The van der Waals surface area contributed by atoms with Gasteiger partial charge in [0, 0.05) is 0 Å². The molecule has 2 aromatic carbocycles. The van der Waals surface area contributed by atoms with Crippen molar-refractivity contribution in [3.05, 3.63) is 53.8 Å². The van der Waals surface area contributed by atoms with Crippen LogP contribution in [0.15, 0.2) is 42.5 Å². The predicted octanol–water partition coefficient (Wildman–Crippen LogP) is 1.78. The first kappa shape index (κ1) is 16.7. The van der Waals surface area contributed by atoms with Gasteiger partial charge in [-0.25, -0.2) is 4.39 Å². The molecule has 8 nitrogen and oxygen atoms in total. The van der Waals surface area contributed by atoms with Gasteiger partial charge in [0.05, 0.1) is 28.6 Å². The molecule has 0 unspecified atom stereocenters. The number of fused-ring (bicyclic) bond motifs is 2. The van der Waals surface area contributed by atoms with Gasteiger partial charge in [-0.3, -0.25) is 19.5 Å². The minimum atomic E-state index is -1.07. The van der Waals surface area contributed by atoms with Crippen molar-refractivity contribution in [2.24, 2.45) is 0 Å². The lowest BCUT2D eigenvalue weighted by Crippen LogP contribution is -2.43. The highest BCUT2D eigenvalue weighted by Gasteiger charge is 2.29. The van der Waals surface area contributed by atoms with Gasteiger partial charge in [0.1, 0.15) is 11.9 Å². The van der Waals surface area contributed by atoms with Gasteiger partial charge in [0.15, 0.2) is 5.82 Å². The van der Waals surface area contributed by atoms with Crippen molar-refractivity contribution in [1.82, 2.24) is 15.5 Å². The van der Waals surface area contributed by atoms with Crippen LogP contribution < -0.4 is 16.0 Å². The molecular formula is C18H14FN5O3. The van der Waals surface area contributed by atoms with Gasteiger partial charge in [0.25, 0.3) is 5.91 Å². The van der Waals surface area contributed by atoms with Crippen LogP contribution in [-0.2, 0) is 9.59 Å². The van der Waals surface area contributed by atoms with E-state index in [1.165, 1.54) is 12.1 Å². The van der Waals surface area contributed by atoms with E-state index < -0.39 is 29.6 Å². The zero-order valence-electron chi connectivity index (χ0n) is 13.9. The van der Waals surface area contributed by atoms with Gasteiger partial charge < -0.3 is 16.0 Å². The molecule has 4 N–H and O–H groups in total. The first-order valence-electron chi connectivity index (χ1n) is 8.16. The topological polar surface area (TPSA) is 116 Å². The molecule has 0 saturated heterocycles. The standard InChI is InChI=1S/C18H14FN5O3/c19-10-5-3-7-12-15(10)16(24-23-12)22-14(25)8-13-18(27)20-11-6-2-1-4-9(11)17(26)21-13/h1-7,13H,8H2,(H,20,27)(H,21,26)(H2,22,23,24,25)/t13-/m1/s1. The summed E-state index contributed by atoms with van der Waals surface area (Å²) in [6, 6.07) is 9.87. The number of aromatic amines is 1. The third-order valence-corrected chi connectivity index (χ3v) is 4.24. The Labute approximate surface area is 152 Å². The third-order valence-electron chi connectivity index (χ3n) is 4.24. The molecule has 136 valence electrons. The van der Waals surface area contributed by atoms with Gasteiger partial charge in [-0.15, -0.1) is 0 Å². The molecule has 1 atom stereocenters. The van der Waals surface area contributed by atoms with E-state index in [9.17, 15) is 18.8 Å². The van der Waals surface area contributed by atoms with Crippen LogP contribution in [0.2, 0.25) is 0 Å². The minimum absolute atomic E-state index is 0.0248. The number of aromatic nitrogens is 2. The maximum Gasteiger partial charge on any atom is 0.254 e. The van der Waals surface area contributed by atoms with E-state index in [1.54, 1.807) is 30.3 Å². The zero-order valence-corrected chi connectivity index (χ0v) is 13.9. The number of carbonyl (C=O) groups excluding carboxylic acids is 3. The predicted molar refractivity (Wildman–Crippen MR) is 95.6 cm³/mol. The first-order chi connectivity index (χ1) is 13.0. The lowest BCUT2D eigenvalue weighted by Gasteiger charge is -2.13. The molecular weight excluding hydrogens is 353 g/mol. The van der Waals surface area contributed by atoms with Crippen molar-refractivity contribution in [2.75, 3.05) is 10.6 Å². The molecule has 0 saturated carbocycles. The number of nitrogens with zero attached hydrogens (tertiary/aromatic N) is 1. The SMILES string of the molecule is O=C(C[C@H]1NC(=O)c2ccccc2NC1=O)Nc1n[nH]c2cccc(F)c12. The van der Waals surface area contributed by atoms with Crippen molar-refractivity contribution in [1.29, 1.82) is 0 Å². The number of para-hydroxylation sites is 1. The average molecular weight is 367 g/mol. The minimum Gasteiger partial charge on any atom is -0.340 e. The van der Waals surface area contributed by atoms with Crippen molar-refractivity contribution in [3.63, 3.8) is 0 Å². The Morgan fingerprint density at radius 2 is 1.96 bits per heavy atom. The molecule has 1 aliphatic rings. The maximum atomic E-state index is 14.0. The van der Waals surface area contributed by atoms with Crippen LogP contribution in [0.4, 0.5) is 15.9 Å². The maximum absolute atomic E-state index is 14.0. The number of H-pyrrole nitrogens is 1. The molecule has 3 amide bonds. The first-order valence-corrected chi connectivity index (χ1v) is 8.16. The average Bonchev–Trinajstić information content (AvgIpc) is 3.00. The van der Waals surface area contributed by atoms with Crippen LogP contribution >= 0.6 is 0 Å². The summed E-state index contributed by atoms with van der Waals surface area (Å²) in [6.07, 6.45) is -0.325. The number of rotatable bonds is 3. The van der Waals surface area contributed by atoms with Crippen LogP contribution in [0.1, 0.15) is 16.8 Å². The second-order valence-corrected chi connectivity index (χ2v) is 6.05. The number of hydrogen-bond donors (Lipinski definition) is 4. The highest BCUT2D eigenvalue weighted by molar-refractivity contribution is 6.11. The fourth-order valence-electron chi connectivity index (χ4n) is 2.94. The molecule has 9 heteroatoms. The zero-order chi connectivity index (χ0) is 19.0. The molecule has 0 radical (unpaired) electrons. The molecule has 1 aromatic heterocycles. The largest absolute Gasteiger partial charge is 0.340 e. The summed E-state index contributed by atoms with van der Waals surface area (Å²) in [5.41, 5.74) is 1.12.